The highest BCUT2D eigenvalue weighted by Crippen LogP contribution is 2.68. The molecule has 0 aliphatic heterocycles. The molecule has 19 heavy (non-hydrogen) atoms. The minimum absolute atomic E-state index is 0.0903. The first-order valence-corrected chi connectivity index (χ1v) is 6.88. The highest BCUT2D eigenvalue weighted by Gasteiger charge is 2.68. The van der Waals surface area contributed by atoms with E-state index in [4.69, 9.17) is 0 Å². The Bertz CT molecular complexity index is 483. The molecule has 0 radical (unpaired) electrons. The Labute approximate surface area is 115 Å². The van der Waals surface area contributed by atoms with Crippen LogP contribution in [0.2, 0.25) is 0 Å². The maximum absolute atomic E-state index is 12.2. The van der Waals surface area contributed by atoms with E-state index in [1.807, 2.05) is 26.0 Å². The molecule has 1 aliphatic carbocycles. The van der Waals surface area contributed by atoms with Crippen LogP contribution in [0.1, 0.15) is 44.6 Å². The van der Waals surface area contributed by atoms with E-state index in [-0.39, 0.29) is 22.7 Å². The molecule has 0 unspecified atom stereocenters. The summed E-state index contributed by atoms with van der Waals surface area (Å²) in [5.74, 6) is 0.252. The summed E-state index contributed by atoms with van der Waals surface area (Å²) in [6.07, 6.45) is 0. The van der Waals surface area contributed by atoms with Crippen LogP contribution in [-0.4, -0.2) is 10.9 Å². The molecular formula is C16H24N2O. The molecule has 1 aromatic rings. The first-order valence-electron chi connectivity index (χ1n) is 6.88. The van der Waals surface area contributed by atoms with E-state index in [9.17, 15) is 4.79 Å². The predicted molar refractivity (Wildman–Crippen MR) is 76.6 cm³/mol. The van der Waals surface area contributed by atoms with Gasteiger partial charge in [-0.05, 0) is 42.4 Å². The summed E-state index contributed by atoms with van der Waals surface area (Å²) in [4.78, 5) is 16.7. The van der Waals surface area contributed by atoms with E-state index in [2.05, 4.69) is 38.0 Å². The van der Waals surface area contributed by atoms with Crippen LogP contribution in [0.15, 0.2) is 12.1 Å². The van der Waals surface area contributed by atoms with Crippen molar-refractivity contribution in [2.24, 2.45) is 16.7 Å². The Hall–Kier alpha value is -1.38. The summed E-state index contributed by atoms with van der Waals surface area (Å²) in [5, 5.41) is 3.03. The van der Waals surface area contributed by atoms with E-state index in [0.717, 1.165) is 11.4 Å². The molecule has 1 heterocycles. The fourth-order valence-electron chi connectivity index (χ4n) is 3.15. The van der Waals surface area contributed by atoms with Crippen LogP contribution >= 0.6 is 0 Å². The number of rotatable bonds is 3. The van der Waals surface area contributed by atoms with Gasteiger partial charge in [-0.15, -0.1) is 0 Å². The highest BCUT2D eigenvalue weighted by atomic mass is 16.2. The number of carbonyl (C=O) groups excluding carboxylic acids is 1. The molecule has 3 heteroatoms. The number of nitrogens with zero attached hydrogens (tertiary/aromatic N) is 1. The quantitative estimate of drug-likeness (QED) is 0.907. The van der Waals surface area contributed by atoms with Crippen molar-refractivity contribution in [2.75, 3.05) is 0 Å². The number of aromatic nitrogens is 1. The first kappa shape index (κ1) is 14.0. The molecule has 0 atom stereocenters. The molecule has 0 spiro atoms. The SMILES string of the molecule is Cc1cc(C)nc(CNC(=O)C2C(C)(C)C2(C)C)c1. The van der Waals surface area contributed by atoms with Crippen molar-refractivity contribution in [1.82, 2.24) is 10.3 Å². The molecule has 104 valence electrons. The fraction of sp³-hybridized carbons (Fsp3) is 0.625. The minimum Gasteiger partial charge on any atom is -0.350 e. The molecule has 0 bridgehead atoms. The van der Waals surface area contributed by atoms with E-state index in [1.165, 1.54) is 5.56 Å². The minimum atomic E-state index is 0.0903. The van der Waals surface area contributed by atoms with Gasteiger partial charge in [0.15, 0.2) is 0 Å². The van der Waals surface area contributed by atoms with Gasteiger partial charge < -0.3 is 5.32 Å². The summed E-state index contributed by atoms with van der Waals surface area (Å²) in [7, 11) is 0. The molecule has 2 rings (SSSR count). The van der Waals surface area contributed by atoms with Gasteiger partial charge in [0, 0.05) is 11.6 Å². The maximum atomic E-state index is 12.2. The monoisotopic (exact) mass is 260 g/mol. The van der Waals surface area contributed by atoms with Gasteiger partial charge in [-0.25, -0.2) is 0 Å². The summed E-state index contributed by atoms with van der Waals surface area (Å²) in [6.45, 7) is 13.2. The fourth-order valence-corrected chi connectivity index (χ4v) is 3.15. The molecular weight excluding hydrogens is 236 g/mol. The average Bonchev–Trinajstić information content (AvgIpc) is 2.65. The third kappa shape index (κ3) is 2.38. The second kappa shape index (κ2) is 4.32. The van der Waals surface area contributed by atoms with Gasteiger partial charge in [0.05, 0.1) is 12.2 Å². The number of carbonyl (C=O) groups is 1. The van der Waals surface area contributed by atoms with Crippen molar-refractivity contribution in [1.29, 1.82) is 0 Å². The third-order valence-electron chi connectivity index (χ3n) is 4.88. The molecule has 1 aromatic heterocycles. The average molecular weight is 260 g/mol. The largest absolute Gasteiger partial charge is 0.350 e. The zero-order chi connectivity index (χ0) is 14.4. The van der Waals surface area contributed by atoms with Gasteiger partial charge in [0.1, 0.15) is 0 Å². The van der Waals surface area contributed by atoms with Crippen molar-refractivity contribution < 1.29 is 4.79 Å². The molecule has 3 nitrogen and oxygen atoms in total. The molecule has 1 N–H and O–H groups in total. The Kier molecular flexibility index (Phi) is 3.20. The van der Waals surface area contributed by atoms with Gasteiger partial charge in [-0.1, -0.05) is 27.7 Å². The lowest BCUT2D eigenvalue weighted by Crippen LogP contribution is -2.27. The Morgan fingerprint density at radius 1 is 1.21 bits per heavy atom. The zero-order valence-corrected chi connectivity index (χ0v) is 12.8. The van der Waals surface area contributed by atoms with Crippen LogP contribution < -0.4 is 5.32 Å². The smallest absolute Gasteiger partial charge is 0.224 e. The second-order valence-corrected chi connectivity index (χ2v) is 6.87. The molecule has 1 saturated carbocycles. The normalized spacial score (nSPS) is 20.1. The Balaban J connectivity index is 1.99. The molecule has 0 aromatic carbocycles. The predicted octanol–water partition coefficient (Wildman–Crippen LogP) is 3.00. The van der Waals surface area contributed by atoms with Gasteiger partial charge in [-0.3, -0.25) is 9.78 Å². The third-order valence-corrected chi connectivity index (χ3v) is 4.88. The summed E-state index contributed by atoms with van der Waals surface area (Å²) in [6, 6.07) is 4.06. The van der Waals surface area contributed by atoms with Crippen LogP contribution in [-0.2, 0) is 11.3 Å². The van der Waals surface area contributed by atoms with E-state index in [1.54, 1.807) is 0 Å². The number of nitrogens with one attached hydrogen (secondary N) is 1. The second-order valence-electron chi connectivity index (χ2n) is 6.87. The van der Waals surface area contributed by atoms with Crippen LogP contribution in [0, 0.1) is 30.6 Å². The van der Waals surface area contributed by atoms with Crippen LogP contribution in [0.3, 0.4) is 0 Å². The van der Waals surface area contributed by atoms with Crippen molar-refractivity contribution in [3.8, 4) is 0 Å². The Morgan fingerprint density at radius 2 is 1.79 bits per heavy atom. The van der Waals surface area contributed by atoms with Crippen molar-refractivity contribution in [3.05, 3.63) is 29.1 Å². The van der Waals surface area contributed by atoms with Crippen LogP contribution in [0.5, 0.6) is 0 Å². The van der Waals surface area contributed by atoms with Crippen molar-refractivity contribution in [2.45, 2.75) is 48.1 Å². The molecule has 1 amide bonds. The highest BCUT2D eigenvalue weighted by molar-refractivity contribution is 5.84. The zero-order valence-electron chi connectivity index (χ0n) is 12.8. The standard InChI is InChI=1S/C16H24N2O/c1-10-7-11(2)18-12(8-10)9-17-14(19)13-15(3,4)16(13,5)6/h7-8,13H,9H2,1-6H3,(H,17,19). The first-order chi connectivity index (χ1) is 8.66. The van der Waals surface area contributed by atoms with Gasteiger partial charge in [-0.2, -0.15) is 0 Å². The van der Waals surface area contributed by atoms with Gasteiger partial charge in [0.2, 0.25) is 5.91 Å². The molecule has 0 saturated heterocycles. The number of hydrogen-bond donors (Lipinski definition) is 1. The van der Waals surface area contributed by atoms with E-state index in [0.29, 0.717) is 6.54 Å². The number of aryl methyl sites for hydroxylation is 2. The number of amides is 1. The van der Waals surface area contributed by atoms with Crippen molar-refractivity contribution in [3.63, 3.8) is 0 Å². The molecule has 1 aliphatic rings. The number of pyridine rings is 1. The topological polar surface area (TPSA) is 42.0 Å². The lowest BCUT2D eigenvalue weighted by atomic mass is 10.0. The summed E-state index contributed by atoms with van der Waals surface area (Å²) in [5.41, 5.74) is 3.29. The lowest BCUT2D eigenvalue weighted by molar-refractivity contribution is -0.123. The summed E-state index contributed by atoms with van der Waals surface area (Å²) >= 11 is 0. The van der Waals surface area contributed by atoms with Crippen molar-refractivity contribution >= 4 is 5.91 Å². The lowest BCUT2D eigenvalue weighted by Gasteiger charge is -2.07. The van der Waals surface area contributed by atoms with Gasteiger partial charge in [0.25, 0.3) is 0 Å². The Morgan fingerprint density at radius 3 is 2.26 bits per heavy atom. The number of hydrogen-bond acceptors (Lipinski definition) is 2. The maximum Gasteiger partial charge on any atom is 0.224 e. The van der Waals surface area contributed by atoms with Crippen LogP contribution in [0.25, 0.3) is 0 Å². The van der Waals surface area contributed by atoms with Crippen LogP contribution in [0.4, 0.5) is 0 Å². The molecule has 1 fully saturated rings. The summed E-state index contributed by atoms with van der Waals surface area (Å²) < 4.78 is 0. The van der Waals surface area contributed by atoms with E-state index >= 15 is 0 Å². The van der Waals surface area contributed by atoms with Gasteiger partial charge >= 0.3 is 0 Å². The van der Waals surface area contributed by atoms with E-state index < -0.39 is 0 Å².